The Morgan fingerprint density at radius 3 is 2.52 bits per heavy atom. The Morgan fingerprint density at radius 1 is 1.11 bits per heavy atom. The lowest BCUT2D eigenvalue weighted by Gasteiger charge is -2.03. The van der Waals surface area contributed by atoms with Crippen molar-refractivity contribution in [3.63, 3.8) is 0 Å². The highest BCUT2D eigenvalue weighted by molar-refractivity contribution is 5.89. The zero-order chi connectivity index (χ0) is 19.5. The van der Waals surface area contributed by atoms with Crippen molar-refractivity contribution in [3.05, 3.63) is 36.4 Å². The molecule has 0 aliphatic rings. The molecule has 8 heteroatoms. The van der Waals surface area contributed by atoms with E-state index >= 15 is 0 Å². The second kappa shape index (κ2) is 11.0. The molecule has 146 valence electrons. The van der Waals surface area contributed by atoms with E-state index in [0.29, 0.717) is 18.7 Å². The SMILES string of the molecule is COc1ccc(-c2cnc(C(=O)NCCCCCCCC(=O)NO)o2)cc1. The van der Waals surface area contributed by atoms with Crippen LogP contribution < -0.4 is 15.5 Å². The summed E-state index contributed by atoms with van der Waals surface area (Å²) in [5.41, 5.74) is 2.43. The van der Waals surface area contributed by atoms with Crippen LogP contribution in [-0.2, 0) is 4.79 Å². The Labute approximate surface area is 157 Å². The van der Waals surface area contributed by atoms with Gasteiger partial charge in [-0.05, 0) is 37.1 Å². The number of hydroxylamine groups is 1. The van der Waals surface area contributed by atoms with E-state index < -0.39 is 0 Å². The third kappa shape index (κ3) is 6.74. The zero-order valence-corrected chi connectivity index (χ0v) is 15.4. The monoisotopic (exact) mass is 375 g/mol. The highest BCUT2D eigenvalue weighted by Gasteiger charge is 2.13. The second-order valence-electron chi connectivity index (χ2n) is 6.07. The first-order valence-corrected chi connectivity index (χ1v) is 8.95. The second-order valence-corrected chi connectivity index (χ2v) is 6.07. The largest absolute Gasteiger partial charge is 0.497 e. The molecule has 0 atom stereocenters. The van der Waals surface area contributed by atoms with E-state index in [0.717, 1.165) is 43.4 Å². The quantitative estimate of drug-likeness (QED) is 0.316. The van der Waals surface area contributed by atoms with Gasteiger partial charge in [-0.3, -0.25) is 14.8 Å². The van der Waals surface area contributed by atoms with Crippen molar-refractivity contribution in [1.82, 2.24) is 15.8 Å². The van der Waals surface area contributed by atoms with Crippen molar-refractivity contribution in [1.29, 1.82) is 0 Å². The van der Waals surface area contributed by atoms with E-state index in [4.69, 9.17) is 14.4 Å². The van der Waals surface area contributed by atoms with Crippen LogP contribution in [0.25, 0.3) is 11.3 Å². The van der Waals surface area contributed by atoms with Crippen molar-refractivity contribution in [2.24, 2.45) is 0 Å². The van der Waals surface area contributed by atoms with Crippen LogP contribution in [-0.4, -0.2) is 35.7 Å². The number of carbonyl (C=O) groups excluding carboxylic acids is 2. The molecule has 1 aromatic heterocycles. The molecule has 0 unspecified atom stereocenters. The van der Waals surface area contributed by atoms with Gasteiger partial charge in [-0.25, -0.2) is 10.5 Å². The lowest BCUT2D eigenvalue weighted by Crippen LogP contribution is -2.24. The number of unbranched alkanes of at least 4 members (excludes halogenated alkanes) is 4. The molecule has 8 nitrogen and oxygen atoms in total. The first-order chi connectivity index (χ1) is 13.1. The Morgan fingerprint density at radius 2 is 1.81 bits per heavy atom. The van der Waals surface area contributed by atoms with Gasteiger partial charge in [-0.15, -0.1) is 0 Å². The summed E-state index contributed by atoms with van der Waals surface area (Å²) in [7, 11) is 1.60. The molecule has 2 amide bonds. The zero-order valence-electron chi connectivity index (χ0n) is 15.4. The summed E-state index contributed by atoms with van der Waals surface area (Å²) in [6, 6.07) is 7.30. The summed E-state index contributed by atoms with van der Waals surface area (Å²) >= 11 is 0. The summed E-state index contributed by atoms with van der Waals surface area (Å²) in [4.78, 5) is 27.0. The van der Waals surface area contributed by atoms with E-state index in [1.165, 1.54) is 6.20 Å². The summed E-state index contributed by atoms with van der Waals surface area (Å²) in [6.45, 7) is 0.538. The summed E-state index contributed by atoms with van der Waals surface area (Å²) in [5.74, 6) is 0.607. The van der Waals surface area contributed by atoms with Crippen LogP contribution >= 0.6 is 0 Å². The summed E-state index contributed by atoms with van der Waals surface area (Å²) in [5, 5.41) is 11.2. The lowest BCUT2D eigenvalue weighted by molar-refractivity contribution is -0.129. The third-order valence-corrected chi connectivity index (χ3v) is 4.07. The molecule has 0 aliphatic heterocycles. The van der Waals surface area contributed by atoms with Crippen LogP contribution in [0.4, 0.5) is 0 Å². The Hall–Kier alpha value is -2.87. The number of hydrogen-bond acceptors (Lipinski definition) is 6. The van der Waals surface area contributed by atoms with Crippen LogP contribution in [0.5, 0.6) is 5.75 Å². The molecule has 0 radical (unpaired) electrons. The van der Waals surface area contributed by atoms with Crippen LogP contribution in [0.1, 0.15) is 49.2 Å². The maximum Gasteiger partial charge on any atom is 0.307 e. The van der Waals surface area contributed by atoms with Gasteiger partial charge in [0, 0.05) is 18.5 Å². The predicted octanol–water partition coefficient (Wildman–Crippen LogP) is 2.93. The third-order valence-electron chi connectivity index (χ3n) is 4.07. The van der Waals surface area contributed by atoms with Gasteiger partial charge in [0.05, 0.1) is 13.3 Å². The van der Waals surface area contributed by atoms with Crippen molar-refractivity contribution >= 4 is 11.8 Å². The molecule has 2 aromatic rings. The van der Waals surface area contributed by atoms with Crippen molar-refractivity contribution in [3.8, 4) is 17.1 Å². The number of hydrogen-bond donors (Lipinski definition) is 3. The van der Waals surface area contributed by atoms with Gasteiger partial charge in [0.2, 0.25) is 5.91 Å². The Bertz CT molecular complexity index is 727. The molecule has 0 bridgehead atoms. The number of rotatable bonds is 11. The number of benzene rings is 1. The minimum absolute atomic E-state index is 0.0378. The first kappa shape index (κ1) is 20.4. The van der Waals surface area contributed by atoms with Crippen molar-refractivity contribution < 1.29 is 24.0 Å². The highest BCUT2D eigenvalue weighted by atomic mass is 16.5. The molecule has 27 heavy (non-hydrogen) atoms. The van der Waals surface area contributed by atoms with Crippen LogP contribution in [0.3, 0.4) is 0 Å². The fourth-order valence-electron chi connectivity index (χ4n) is 2.54. The first-order valence-electron chi connectivity index (χ1n) is 8.95. The van der Waals surface area contributed by atoms with Crippen LogP contribution in [0, 0.1) is 0 Å². The van der Waals surface area contributed by atoms with Gasteiger partial charge in [0.15, 0.2) is 5.76 Å². The van der Waals surface area contributed by atoms with Gasteiger partial charge in [0.25, 0.3) is 5.89 Å². The molecule has 2 rings (SSSR count). The predicted molar refractivity (Wildman–Crippen MR) is 98.5 cm³/mol. The summed E-state index contributed by atoms with van der Waals surface area (Å²) < 4.78 is 10.6. The standard InChI is InChI=1S/C19H25N3O5/c1-26-15-10-8-14(9-11-15)16-13-21-19(27-16)18(24)20-12-6-4-2-3-5-7-17(23)22-25/h8-11,13,25H,2-7,12H2,1H3,(H,20,24)(H,22,23). The molecule has 0 aliphatic carbocycles. The number of oxazole rings is 1. The van der Waals surface area contributed by atoms with Crippen LogP contribution in [0.2, 0.25) is 0 Å². The Balaban J connectivity index is 1.66. The number of ether oxygens (including phenoxy) is 1. The number of carbonyl (C=O) groups is 2. The normalized spacial score (nSPS) is 10.4. The molecule has 0 spiro atoms. The Kier molecular flexibility index (Phi) is 8.31. The fourth-order valence-corrected chi connectivity index (χ4v) is 2.54. The number of nitrogens with zero attached hydrogens (tertiary/aromatic N) is 1. The molecule has 0 saturated carbocycles. The average Bonchev–Trinajstić information content (AvgIpc) is 3.20. The van der Waals surface area contributed by atoms with Gasteiger partial charge < -0.3 is 14.5 Å². The molecule has 1 heterocycles. The molecule has 1 aromatic carbocycles. The molecular formula is C19H25N3O5. The molecule has 3 N–H and O–H groups in total. The highest BCUT2D eigenvalue weighted by Crippen LogP contribution is 2.23. The van der Waals surface area contributed by atoms with E-state index in [-0.39, 0.29) is 17.7 Å². The fraction of sp³-hybridized carbons (Fsp3) is 0.421. The minimum atomic E-state index is -0.359. The van der Waals surface area contributed by atoms with E-state index in [9.17, 15) is 9.59 Å². The average molecular weight is 375 g/mol. The maximum atomic E-state index is 12.1. The lowest BCUT2D eigenvalue weighted by atomic mass is 10.1. The minimum Gasteiger partial charge on any atom is -0.497 e. The molecule has 0 fully saturated rings. The number of methoxy groups -OCH3 is 1. The summed E-state index contributed by atoms with van der Waals surface area (Å²) in [6.07, 6.45) is 6.26. The van der Waals surface area contributed by atoms with Gasteiger partial charge in [-0.2, -0.15) is 0 Å². The van der Waals surface area contributed by atoms with E-state index in [1.807, 2.05) is 24.3 Å². The van der Waals surface area contributed by atoms with E-state index in [2.05, 4.69) is 10.3 Å². The number of nitrogens with one attached hydrogen (secondary N) is 2. The van der Waals surface area contributed by atoms with Crippen LogP contribution in [0.15, 0.2) is 34.9 Å². The van der Waals surface area contributed by atoms with Crippen molar-refractivity contribution in [2.45, 2.75) is 38.5 Å². The topological polar surface area (TPSA) is 114 Å². The van der Waals surface area contributed by atoms with Gasteiger partial charge >= 0.3 is 5.91 Å². The van der Waals surface area contributed by atoms with Crippen molar-refractivity contribution in [2.75, 3.05) is 13.7 Å². The smallest absolute Gasteiger partial charge is 0.307 e. The maximum absolute atomic E-state index is 12.1. The van der Waals surface area contributed by atoms with E-state index in [1.54, 1.807) is 12.6 Å². The number of amides is 2. The number of aromatic nitrogens is 1. The van der Waals surface area contributed by atoms with Gasteiger partial charge in [-0.1, -0.05) is 19.3 Å². The molecule has 0 saturated heterocycles. The molecular weight excluding hydrogens is 350 g/mol. The van der Waals surface area contributed by atoms with Gasteiger partial charge in [0.1, 0.15) is 5.75 Å².